The van der Waals surface area contributed by atoms with Crippen LogP contribution < -0.4 is 10.5 Å². The number of nitrogen functional groups attached to an aromatic ring is 1. The average molecular weight is 655 g/mol. The number of hydrogen-bond donors (Lipinski definition) is 1. The summed E-state index contributed by atoms with van der Waals surface area (Å²) in [4.78, 5) is 8.04. The number of halogens is 3. The van der Waals surface area contributed by atoms with Crippen LogP contribution >= 0.6 is 47.8 Å². The van der Waals surface area contributed by atoms with Crippen LogP contribution in [0.1, 0.15) is 0 Å². The Morgan fingerprint density at radius 1 is 0.657 bits per heavy atom. The molecule has 0 fully saturated rings. The van der Waals surface area contributed by atoms with Crippen molar-refractivity contribution in [2.24, 2.45) is 0 Å². The van der Waals surface area contributed by atoms with Gasteiger partial charge < -0.3 is 10.9 Å². The zero-order valence-electron chi connectivity index (χ0n) is 18.3. The Hall–Kier alpha value is -3.07. The molecule has 0 bridgehead atoms. The van der Waals surface area contributed by atoms with Gasteiger partial charge in [-0.15, -0.1) is 0 Å². The van der Waals surface area contributed by atoms with Crippen LogP contribution in [-0.2, 0) is 0 Å². The van der Waals surface area contributed by atoms with Crippen LogP contribution in [0.5, 0.6) is 0 Å². The molecule has 5 nitrogen and oxygen atoms in total. The maximum atomic E-state index is 10.9. The van der Waals surface area contributed by atoms with Crippen LogP contribution in [0, 0.1) is 5.21 Å². The molecule has 6 rings (SSSR count). The lowest BCUT2D eigenvalue weighted by molar-refractivity contribution is -0.603. The second kappa shape index (κ2) is 11.6. The molecule has 0 saturated carbocycles. The fraction of sp³-hybridized carbons (Fsp3) is 0. The molecule has 35 heavy (non-hydrogen) atoms. The number of hydrogen-bond acceptors (Lipinski definition) is 4. The Balaban J connectivity index is 0.000000124. The minimum absolute atomic E-state index is 0.578. The highest BCUT2D eigenvalue weighted by Crippen LogP contribution is 2.26. The van der Waals surface area contributed by atoms with Crippen molar-refractivity contribution in [2.75, 3.05) is 5.73 Å². The van der Waals surface area contributed by atoms with E-state index in [9.17, 15) is 5.21 Å². The van der Waals surface area contributed by atoms with E-state index in [-0.39, 0.29) is 0 Å². The molecule has 0 aliphatic carbocycles. The Labute approximate surface area is 227 Å². The largest absolute Gasteiger partial charge is 0.619 e. The Morgan fingerprint density at radius 2 is 1.26 bits per heavy atom. The van der Waals surface area contributed by atoms with Gasteiger partial charge >= 0.3 is 0 Å². The first-order chi connectivity index (χ1) is 16.9. The second-order valence-electron chi connectivity index (χ2n) is 7.42. The SMILES string of the molecule is Brc1cccc2cnccc12.Nc1nccc2c(Br)cccc12.[O-][n+]1ccc2c(Br)cccc2c1. The summed E-state index contributed by atoms with van der Waals surface area (Å²) >= 11 is 10.3. The van der Waals surface area contributed by atoms with E-state index in [1.165, 1.54) is 17.0 Å². The molecule has 0 saturated heterocycles. The van der Waals surface area contributed by atoms with E-state index in [4.69, 9.17) is 5.73 Å². The number of benzene rings is 3. The van der Waals surface area contributed by atoms with Gasteiger partial charge in [0.05, 0.1) is 0 Å². The molecule has 0 unspecified atom stereocenters. The molecule has 0 atom stereocenters. The zero-order chi connectivity index (χ0) is 24.8. The van der Waals surface area contributed by atoms with Crippen LogP contribution in [0.2, 0.25) is 0 Å². The van der Waals surface area contributed by atoms with Gasteiger partial charge in [-0.3, -0.25) is 4.98 Å². The molecular formula is C27H19Br3N4O. The smallest absolute Gasteiger partial charge is 0.188 e. The molecule has 0 amide bonds. The molecule has 0 aliphatic heterocycles. The topological polar surface area (TPSA) is 78.7 Å². The summed E-state index contributed by atoms with van der Waals surface area (Å²) in [6, 6.07) is 23.5. The molecule has 174 valence electrons. The number of pyridine rings is 3. The Morgan fingerprint density at radius 3 is 1.94 bits per heavy atom. The maximum absolute atomic E-state index is 10.9. The molecular weight excluding hydrogens is 636 g/mol. The molecule has 3 aromatic heterocycles. The summed E-state index contributed by atoms with van der Waals surface area (Å²) in [5.41, 5.74) is 5.69. The molecule has 8 heteroatoms. The summed E-state index contributed by atoms with van der Waals surface area (Å²) in [5, 5.41) is 17.4. The Kier molecular flexibility index (Phi) is 8.28. The molecule has 3 aromatic carbocycles. The van der Waals surface area contributed by atoms with Crippen molar-refractivity contribution in [3.63, 3.8) is 0 Å². The molecule has 6 aromatic rings. The van der Waals surface area contributed by atoms with E-state index in [1.54, 1.807) is 24.7 Å². The fourth-order valence-corrected chi connectivity index (χ4v) is 4.97. The first-order valence-electron chi connectivity index (χ1n) is 10.5. The first-order valence-corrected chi connectivity index (χ1v) is 12.9. The Bertz CT molecular complexity index is 1580. The third kappa shape index (κ3) is 6.14. The lowest BCUT2D eigenvalue weighted by atomic mass is 10.2. The molecule has 0 spiro atoms. The van der Waals surface area contributed by atoms with Gasteiger partial charge in [0.1, 0.15) is 5.82 Å². The van der Waals surface area contributed by atoms with E-state index in [2.05, 4.69) is 57.8 Å². The van der Waals surface area contributed by atoms with Crippen LogP contribution in [0.4, 0.5) is 5.82 Å². The molecule has 0 aliphatic rings. The number of nitrogens with two attached hydrogens (primary N) is 1. The van der Waals surface area contributed by atoms with Crippen molar-refractivity contribution >= 4 is 85.9 Å². The fourth-order valence-electron chi connectivity index (χ4n) is 3.44. The van der Waals surface area contributed by atoms with Crippen molar-refractivity contribution in [1.29, 1.82) is 0 Å². The highest BCUT2D eigenvalue weighted by Gasteiger charge is 2.01. The molecule has 2 N–H and O–H groups in total. The number of nitrogens with zero attached hydrogens (tertiary/aromatic N) is 3. The summed E-state index contributed by atoms with van der Waals surface area (Å²) < 4.78 is 3.99. The van der Waals surface area contributed by atoms with E-state index in [0.717, 1.165) is 39.7 Å². The minimum Gasteiger partial charge on any atom is -0.619 e. The highest BCUT2D eigenvalue weighted by atomic mass is 79.9. The van der Waals surface area contributed by atoms with Gasteiger partial charge in [-0.25, -0.2) is 4.98 Å². The van der Waals surface area contributed by atoms with E-state index >= 15 is 0 Å². The van der Waals surface area contributed by atoms with E-state index in [1.807, 2.05) is 72.9 Å². The van der Waals surface area contributed by atoms with Crippen LogP contribution in [0.25, 0.3) is 32.3 Å². The van der Waals surface area contributed by atoms with Crippen LogP contribution in [0.3, 0.4) is 0 Å². The van der Waals surface area contributed by atoms with Gasteiger partial charge in [-0.05, 0) is 41.8 Å². The van der Waals surface area contributed by atoms with Gasteiger partial charge in [-0.2, -0.15) is 4.73 Å². The van der Waals surface area contributed by atoms with Crippen molar-refractivity contribution in [3.8, 4) is 0 Å². The molecule has 3 heterocycles. The lowest BCUT2D eigenvalue weighted by Gasteiger charge is -2.01. The van der Waals surface area contributed by atoms with Crippen molar-refractivity contribution in [3.05, 3.63) is 122 Å². The van der Waals surface area contributed by atoms with Gasteiger partial charge in [-0.1, -0.05) is 78.1 Å². The highest BCUT2D eigenvalue weighted by molar-refractivity contribution is 9.11. The number of anilines is 1. The monoisotopic (exact) mass is 652 g/mol. The maximum Gasteiger partial charge on any atom is 0.188 e. The van der Waals surface area contributed by atoms with Crippen LogP contribution in [-0.4, -0.2) is 9.97 Å². The zero-order valence-corrected chi connectivity index (χ0v) is 23.0. The van der Waals surface area contributed by atoms with E-state index < -0.39 is 0 Å². The number of rotatable bonds is 0. The summed E-state index contributed by atoms with van der Waals surface area (Å²) in [7, 11) is 0. The van der Waals surface area contributed by atoms with Crippen molar-refractivity contribution in [2.45, 2.75) is 0 Å². The third-order valence-electron chi connectivity index (χ3n) is 5.15. The standard InChI is InChI=1S/C9H7BrN2.C9H6BrNO.C9H6BrN/c10-8-3-1-2-7-6(8)4-5-12-9(7)11;10-9-3-1-2-7-6-11(12)5-4-8(7)9;10-9-3-1-2-7-6-11-5-4-8(7)9/h1-5H,(H2,11,12);1-6H;1-6H. The number of aromatic nitrogens is 3. The van der Waals surface area contributed by atoms with Gasteiger partial charge in [0.15, 0.2) is 12.4 Å². The van der Waals surface area contributed by atoms with Crippen molar-refractivity contribution in [1.82, 2.24) is 9.97 Å². The van der Waals surface area contributed by atoms with Crippen LogP contribution in [0.15, 0.2) is 117 Å². The lowest BCUT2D eigenvalue weighted by Crippen LogP contribution is -2.23. The average Bonchev–Trinajstić information content (AvgIpc) is 2.86. The summed E-state index contributed by atoms with van der Waals surface area (Å²) in [6.07, 6.45) is 8.42. The molecule has 0 radical (unpaired) electrons. The summed E-state index contributed by atoms with van der Waals surface area (Å²) in [6.45, 7) is 0. The first kappa shape index (κ1) is 25.0. The predicted octanol–water partition coefficient (Wildman–Crippen LogP) is 7.81. The normalized spacial score (nSPS) is 10.4. The predicted molar refractivity (Wildman–Crippen MR) is 154 cm³/mol. The van der Waals surface area contributed by atoms with Gasteiger partial charge in [0.2, 0.25) is 0 Å². The van der Waals surface area contributed by atoms with E-state index in [0.29, 0.717) is 5.82 Å². The van der Waals surface area contributed by atoms with Crippen molar-refractivity contribution < 1.29 is 4.73 Å². The quantitative estimate of drug-likeness (QED) is 0.134. The second-order valence-corrected chi connectivity index (χ2v) is 9.98. The van der Waals surface area contributed by atoms with Gasteiger partial charge in [0.25, 0.3) is 0 Å². The summed E-state index contributed by atoms with van der Waals surface area (Å²) in [5.74, 6) is 0.578. The third-order valence-corrected chi connectivity index (χ3v) is 7.23. The number of fused-ring (bicyclic) bond motifs is 3. The van der Waals surface area contributed by atoms with Gasteiger partial charge in [0, 0.05) is 65.0 Å². The minimum atomic E-state index is 0.578.